The molecule has 0 saturated carbocycles. The van der Waals surface area contributed by atoms with Crippen LogP contribution < -0.4 is 21.3 Å². The molecule has 5 aromatic carbocycles. The number of anilines is 4. The summed E-state index contributed by atoms with van der Waals surface area (Å²) in [5, 5.41) is 27.7. The highest BCUT2D eigenvalue weighted by molar-refractivity contribution is 6.31. The maximum Gasteiger partial charge on any atom is 0.258 e. The molecule has 0 aromatic heterocycles. The average molecular weight is 945 g/mol. The minimum absolute atomic E-state index is 0.127. The number of carbonyl (C=O) groups excluding carboxylic acids is 6. The maximum atomic E-state index is 13.6. The summed E-state index contributed by atoms with van der Waals surface area (Å²) in [4.78, 5) is 78.7. The zero-order valence-corrected chi connectivity index (χ0v) is 38.0. The molecule has 0 saturated heterocycles. The van der Waals surface area contributed by atoms with Crippen LogP contribution in [0.5, 0.6) is 0 Å². The number of alkyl halides is 2. The molecule has 2 unspecified atom stereocenters. The van der Waals surface area contributed by atoms with Crippen molar-refractivity contribution in [2.24, 2.45) is 20.5 Å². The minimum Gasteiger partial charge on any atom is -0.323 e. The fourth-order valence-electron chi connectivity index (χ4n) is 6.19. The van der Waals surface area contributed by atoms with Gasteiger partial charge in [0.05, 0.1) is 11.4 Å². The van der Waals surface area contributed by atoms with E-state index in [4.69, 9.17) is 46.4 Å². The molecule has 0 bridgehead atoms. The van der Waals surface area contributed by atoms with Crippen LogP contribution in [0.1, 0.15) is 70.7 Å². The van der Waals surface area contributed by atoms with Crippen molar-refractivity contribution in [1.29, 1.82) is 0 Å². The van der Waals surface area contributed by atoms with E-state index in [0.29, 0.717) is 46.7 Å². The van der Waals surface area contributed by atoms with Crippen molar-refractivity contribution in [3.05, 3.63) is 140 Å². The zero-order chi connectivity index (χ0) is 46.5. The lowest BCUT2D eigenvalue weighted by atomic mass is 10.0. The molecule has 0 heterocycles. The van der Waals surface area contributed by atoms with Crippen LogP contribution in [0.15, 0.2) is 118 Å². The first-order valence-electron chi connectivity index (χ1n) is 19.7. The van der Waals surface area contributed by atoms with Gasteiger partial charge in [0, 0.05) is 55.7 Å². The fourth-order valence-corrected chi connectivity index (χ4v) is 6.98. The second-order valence-electron chi connectivity index (χ2n) is 14.3. The molecule has 4 amide bonds. The van der Waals surface area contributed by atoms with E-state index >= 15 is 0 Å². The quantitative estimate of drug-likeness (QED) is 0.0382. The lowest BCUT2D eigenvalue weighted by molar-refractivity contribution is -0.127. The van der Waals surface area contributed by atoms with E-state index in [-0.39, 0.29) is 44.3 Å². The van der Waals surface area contributed by atoms with Gasteiger partial charge in [0.15, 0.2) is 11.6 Å². The summed E-state index contributed by atoms with van der Waals surface area (Å²) >= 11 is 24.4. The first-order chi connectivity index (χ1) is 30.6. The molecule has 18 heteroatoms. The summed E-state index contributed by atoms with van der Waals surface area (Å²) in [5.74, 6) is -3.18. The van der Waals surface area contributed by atoms with Crippen LogP contribution in [0.4, 0.5) is 34.1 Å². The van der Waals surface area contributed by atoms with Gasteiger partial charge in [-0.2, -0.15) is 20.5 Å². The molecule has 0 aliphatic rings. The Morgan fingerprint density at radius 3 is 1.27 bits per heavy atom. The number of amides is 4. The molecule has 5 rings (SSSR count). The predicted molar refractivity (Wildman–Crippen MR) is 251 cm³/mol. The number of Topliss-reactive ketones (excluding diaryl/α,β-unsaturated/α-hetero) is 2. The van der Waals surface area contributed by atoms with Crippen LogP contribution in [-0.4, -0.2) is 47.3 Å². The van der Waals surface area contributed by atoms with E-state index in [1.54, 1.807) is 48.5 Å². The molecular weight excluding hydrogens is 902 g/mol. The molecule has 0 aliphatic carbocycles. The largest absolute Gasteiger partial charge is 0.323 e. The van der Waals surface area contributed by atoms with Gasteiger partial charge in [-0.05, 0) is 122 Å². The number of benzene rings is 5. The van der Waals surface area contributed by atoms with Crippen LogP contribution in [0.2, 0.25) is 10.0 Å². The number of halogens is 4. The summed E-state index contributed by atoms with van der Waals surface area (Å²) in [7, 11) is 0. The highest BCUT2D eigenvalue weighted by Crippen LogP contribution is 2.29. The van der Waals surface area contributed by atoms with Crippen molar-refractivity contribution in [3.63, 3.8) is 0 Å². The van der Waals surface area contributed by atoms with Gasteiger partial charge in [-0.3, -0.25) is 28.8 Å². The standard InChI is InChI=1S/C46H42Cl4N8O6/c1-5-29-19-40(54-46(64)42(26(4)60)58-56-38-18-32(16-34(50)22-38)44(62)52-36-12-8-10-28(14-36)24-48)30(6-2)20-39(29)53-45(63)41(25(3)59)57-55-37-17-31(15-33(49)21-37)43(61)51-35-11-7-9-27(13-35)23-47/h7-22,41-42H,5-6,23-24H2,1-4H3,(H,51,61)(H,52,62)(H,53,63)(H,54,64). The maximum absolute atomic E-state index is 13.6. The topological polar surface area (TPSA) is 200 Å². The highest BCUT2D eigenvalue weighted by Gasteiger charge is 2.27. The van der Waals surface area contributed by atoms with Crippen molar-refractivity contribution < 1.29 is 28.8 Å². The molecule has 0 fully saturated rings. The van der Waals surface area contributed by atoms with E-state index < -0.39 is 47.3 Å². The van der Waals surface area contributed by atoms with Gasteiger partial charge in [-0.25, -0.2) is 0 Å². The third-order valence-electron chi connectivity index (χ3n) is 9.42. The summed E-state index contributed by atoms with van der Waals surface area (Å²) in [6, 6.07) is 22.8. The van der Waals surface area contributed by atoms with Crippen molar-refractivity contribution in [3.8, 4) is 0 Å². The van der Waals surface area contributed by atoms with Gasteiger partial charge in [-0.15, -0.1) is 23.2 Å². The molecule has 5 aromatic rings. The summed E-state index contributed by atoms with van der Waals surface area (Å²) in [6.45, 7) is 6.05. The molecule has 2 atom stereocenters. The number of rotatable bonds is 18. The lowest BCUT2D eigenvalue weighted by Crippen LogP contribution is -2.33. The Labute approximate surface area is 389 Å². The van der Waals surface area contributed by atoms with Crippen LogP contribution in [-0.2, 0) is 43.8 Å². The zero-order valence-electron chi connectivity index (χ0n) is 35.0. The number of carbonyl (C=O) groups is 6. The summed E-state index contributed by atoms with van der Waals surface area (Å²) in [5.41, 5.74) is 5.14. The van der Waals surface area contributed by atoms with E-state index in [1.165, 1.54) is 50.2 Å². The molecule has 0 radical (unpaired) electrons. The Kier molecular flexibility index (Phi) is 17.4. The van der Waals surface area contributed by atoms with Gasteiger partial charge in [-0.1, -0.05) is 61.3 Å². The van der Waals surface area contributed by atoms with Crippen molar-refractivity contribution in [1.82, 2.24) is 0 Å². The number of aryl methyl sites for hydroxylation is 2. The summed E-state index contributed by atoms with van der Waals surface area (Å²) in [6.07, 6.45) is 0.772. The number of nitrogens with zero attached hydrogens (tertiary/aromatic N) is 4. The third-order valence-corrected chi connectivity index (χ3v) is 10.5. The Morgan fingerprint density at radius 2 is 0.922 bits per heavy atom. The number of nitrogens with one attached hydrogen (secondary N) is 4. The van der Waals surface area contributed by atoms with Crippen molar-refractivity contribution in [2.45, 2.75) is 64.4 Å². The summed E-state index contributed by atoms with van der Waals surface area (Å²) < 4.78 is 0. The van der Waals surface area contributed by atoms with Gasteiger partial charge in [0.1, 0.15) is 0 Å². The lowest BCUT2D eigenvalue weighted by Gasteiger charge is -2.18. The van der Waals surface area contributed by atoms with Crippen LogP contribution in [0, 0.1) is 0 Å². The van der Waals surface area contributed by atoms with Crippen LogP contribution in [0.25, 0.3) is 0 Å². The minimum atomic E-state index is -1.57. The molecular formula is C46H42Cl4N8O6. The smallest absolute Gasteiger partial charge is 0.258 e. The van der Waals surface area contributed by atoms with E-state index in [1.807, 2.05) is 26.0 Å². The number of hydrogen-bond donors (Lipinski definition) is 4. The number of ketones is 2. The second-order valence-corrected chi connectivity index (χ2v) is 15.7. The number of hydrogen-bond acceptors (Lipinski definition) is 10. The molecule has 4 N–H and O–H groups in total. The highest BCUT2D eigenvalue weighted by atomic mass is 35.5. The first-order valence-corrected chi connectivity index (χ1v) is 21.6. The van der Waals surface area contributed by atoms with Gasteiger partial charge in [0.2, 0.25) is 12.1 Å². The SMILES string of the molecule is CCc1cc(NC(=O)C(N=Nc2cc(Cl)cc(C(=O)Nc3cccc(CCl)c3)c2)C(C)=O)c(CC)cc1NC(=O)C(N=Nc1cc(Cl)cc(C(=O)Nc2cccc(CCl)c2)c1)C(C)=O. The van der Waals surface area contributed by atoms with Crippen LogP contribution in [0.3, 0.4) is 0 Å². The van der Waals surface area contributed by atoms with Gasteiger partial charge < -0.3 is 21.3 Å². The third kappa shape index (κ3) is 13.3. The molecule has 0 aliphatic heterocycles. The predicted octanol–water partition coefficient (Wildman–Crippen LogP) is 11.5. The van der Waals surface area contributed by atoms with Crippen molar-refractivity contribution >= 4 is 116 Å². The fraction of sp³-hybridized carbons (Fsp3) is 0.217. The molecule has 14 nitrogen and oxygen atoms in total. The monoisotopic (exact) mass is 942 g/mol. The average Bonchev–Trinajstić information content (AvgIpc) is 3.26. The van der Waals surface area contributed by atoms with Crippen molar-refractivity contribution in [2.75, 3.05) is 21.3 Å². The Bertz CT molecular complexity index is 2490. The molecule has 0 spiro atoms. The van der Waals surface area contributed by atoms with Gasteiger partial charge >= 0.3 is 0 Å². The Balaban J connectivity index is 1.30. The van der Waals surface area contributed by atoms with E-state index in [9.17, 15) is 28.8 Å². The Hall–Kier alpha value is -6.32. The van der Waals surface area contributed by atoms with Gasteiger partial charge in [0.25, 0.3) is 23.6 Å². The molecule has 64 heavy (non-hydrogen) atoms. The normalized spacial score (nSPS) is 12.1. The molecule has 330 valence electrons. The first kappa shape index (κ1) is 48.7. The number of azo groups is 2. The second kappa shape index (κ2) is 22.9. The Morgan fingerprint density at radius 1 is 0.531 bits per heavy atom. The van der Waals surface area contributed by atoms with Crippen LogP contribution >= 0.6 is 46.4 Å². The van der Waals surface area contributed by atoms with E-state index in [0.717, 1.165) is 11.1 Å². The van der Waals surface area contributed by atoms with E-state index in [2.05, 4.69) is 41.7 Å².